The molecule has 0 unspecified atom stereocenters. The molecule has 1 aliphatic carbocycles. The average Bonchev–Trinajstić information content (AvgIpc) is 3.24. The molecule has 4 nitrogen and oxygen atoms in total. The molecule has 0 aromatic carbocycles. The molecular weight excluding hydrogens is 244 g/mol. The molecule has 0 heterocycles. The lowest BCUT2D eigenvalue weighted by Crippen LogP contribution is -2.10. The quantitative estimate of drug-likeness (QED) is 0.456. The highest BCUT2D eigenvalue weighted by molar-refractivity contribution is 5.83. The Balaban J connectivity index is 1.68. The zero-order valence-electron chi connectivity index (χ0n) is 12.2. The van der Waals surface area contributed by atoms with Crippen LogP contribution in [0.25, 0.3) is 0 Å². The smallest absolute Gasteiger partial charge is 0.136 e. The zero-order chi connectivity index (χ0) is 13.8. The van der Waals surface area contributed by atoms with E-state index in [1.807, 2.05) is 0 Å². The Morgan fingerprint density at radius 3 is 1.95 bits per heavy atom. The summed E-state index contributed by atoms with van der Waals surface area (Å²) in [4.78, 5) is 11.4. The molecule has 0 amide bonds. The molecule has 0 aliphatic heterocycles. The largest absolute Gasteiger partial charge is 0.379 e. The highest BCUT2D eigenvalue weighted by Crippen LogP contribution is 2.31. The third-order valence-corrected chi connectivity index (χ3v) is 3.13. The van der Waals surface area contributed by atoms with Gasteiger partial charge in [-0.15, -0.1) is 0 Å². The molecule has 0 bridgehead atoms. The summed E-state index contributed by atoms with van der Waals surface area (Å²) in [7, 11) is 0. The Hall–Kier alpha value is -0.450. The van der Waals surface area contributed by atoms with Gasteiger partial charge >= 0.3 is 0 Å². The maximum absolute atomic E-state index is 11.4. The van der Waals surface area contributed by atoms with Crippen molar-refractivity contribution in [3.63, 3.8) is 0 Å². The summed E-state index contributed by atoms with van der Waals surface area (Å²) >= 11 is 0. The number of Topliss-reactive ketones (excluding diaryl/α,β-unsaturated/α-hetero) is 1. The Morgan fingerprint density at radius 1 is 0.895 bits per heavy atom. The van der Waals surface area contributed by atoms with Crippen LogP contribution in [0.5, 0.6) is 0 Å². The molecule has 1 aliphatic rings. The third kappa shape index (κ3) is 10.0. The first-order valence-corrected chi connectivity index (χ1v) is 7.60. The van der Waals surface area contributed by atoms with Gasteiger partial charge in [-0.05, 0) is 25.7 Å². The van der Waals surface area contributed by atoms with E-state index in [2.05, 4.69) is 6.92 Å². The molecule has 0 aromatic rings. The monoisotopic (exact) mass is 272 g/mol. The van der Waals surface area contributed by atoms with Crippen LogP contribution in [0.15, 0.2) is 0 Å². The molecule has 1 fully saturated rings. The van der Waals surface area contributed by atoms with Gasteiger partial charge in [-0.2, -0.15) is 0 Å². The third-order valence-electron chi connectivity index (χ3n) is 3.13. The van der Waals surface area contributed by atoms with Gasteiger partial charge in [0.1, 0.15) is 5.78 Å². The van der Waals surface area contributed by atoms with E-state index in [-0.39, 0.29) is 0 Å². The first kappa shape index (κ1) is 16.6. The van der Waals surface area contributed by atoms with Crippen LogP contribution in [-0.2, 0) is 19.0 Å². The first-order valence-electron chi connectivity index (χ1n) is 7.60. The van der Waals surface area contributed by atoms with Gasteiger partial charge < -0.3 is 14.2 Å². The molecule has 0 N–H and O–H groups in total. The van der Waals surface area contributed by atoms with E-state index in [4.69, 9.17) is 14.2 Å². The van der Waals surface area contributed by atoms with Crippen molar-refractivity contribution in [3.8, 4) is 0 Å². The molecule has 112 valence electrons. The molecule has 0 radical (unpaired) electrons. The van der Waals surface area contributed by atoms with Crippen LogP contribution in [0.3, 0.4) is 0 Å². The van der Waals surface area contributed by atoms with Crippen LogP contribution in [0.2, 0.25) is 0 Å². The summed E-state index contributed by atoms with van der Waals surface area (Å²) in [6.07, 6.45) is 6.01. The van der Waals surface area contributed by atoms with Crippen molar-refractivity contribution < 1.29 is 19.0 Å². The van der Waals surface area contributed by atoms with Crippen molar-refractivity contribution >= 4 is 5.78 Å². The minimum absolute atomic E-state index is 0.385. The maximum atomic E-state index is 11.4. The van der Waals surface area contributed by atoms with Crippen LogP contribution in [-0.4, -0.2) is 45.4 Å². The van der Waals surface area contributed by atoms with E-state index in [1.54, 1.807) is 0 Å². The Bertz CT molecular complexity index is 226. The van der Waals surface area contributed by atoms with E-state index < -0.39 is 0 Å². The molecule has 0 atom stereocenters. The molecule has 1 rings (SSSR count). The molecule has 0 spiro atoms. The van der Waals surface area contributed by atoms with Crippen molar-refractivity contribution in [2.75, 3.05) is 39.6 Å². The van der Waals surface area contributed by atoms with Gasteiger partial charge in [-0.1, -0.05) is 13.3 Å². The second-order valence-corrected chi connectivity index (χ2v) is 5.03. The minimum Gasteiger partial charge on any atom is -0.379 e. The van der Waals surface area contributed by atoms with Gasteiger partial charge in [-0.25, -0.2) is 0 Å². The second-order valence-electron chi connectivity index (χ2n) is 5.03. The maximum Gasteiger partial charge on any atom is 0.136 e. The van der Waals surface area contributed by atoms with Crippen LogP contribution in [0, 0.1) is 5.92 Å². The van der Waals surface area contributed by atoms with Crippen LogP contribution in [0.4, 0.5) is 0 Å². The van der Waals surface area contributed by atoms with Crippen LogP contribution >= 0.6 is 0 Å². The first-order chi connectivity index (χ1) is 9.34. The van der Waals surface area contributed by atoms with Gasteiger partial charge in [0.25, 0.3) is 0 Å². The van der Waals surface area contributed by atoms with Crippen LogP contribution < -0.4 is 0 Å². The number of carbonyl (C=O) groups excluding carboxylic acids is 1. The van der Waals surface area contributed by atoms with E-state index >= 15 is 0 Å². The second kappa shape index (κ2) is 11.4. The highest BCUT2D eigenvalue weighted by Gasteiger charge is 2.28. The molecule has 19 heavy (non-hydrogen) atoms. The van der Waals surface area contributed by atoms with Gasteiger partial charge in [0.15, 0.2) is 0 Å². The van der Waals surface area contributed by atoms with Crippen molar-refractivity contribution in [1.29, 1.82) is 0 Å². The van der Waals surface area contributed by atoms with Gasteiger partial charge in [-0.3, -0.25) is 4.79 Å². The summed E-state index contributed by atoms with van der Waals surface area (Å²) in [6.45, 7) is 6.14. The van der Waals surface area contributed by atoms with E-state index in [0.717, 1.165) is 38.7 Å². The Kier molecular flexibility index (Phi) is 9.95. The molecule has 0 saturated heterocycles. The fraction of sp³-hybridized carbons (Fsp3) is 0.933. The van der Waals surface area contributed by atoms with Crippen molar-refractivity contribution in [2.45, 2.75) is 45.4 Å². The van der Waals surface area contributed by atoms with Crippen molar-refractivity contribution in [3.05, 3.63) is 0 Å². The summed E-state index contributed by atoms with van der Waals surface area (Å²) in [6, 6.07) is 0. The van der Waals surface area contributed by atoms with E-state index in [0.29, 0.717) is 51.2 Å². The van der Waals surface area contributed by atoms with E-state index in [9.17, 15) is 4.79 Å². The number of unbranched alkanes of at least 4 members (excludes halogenated alkanes) is 1. The highest BCUT2D eigenvalue weighted by atomic mass is 16.5. The fourth-order valence-corrected chi connectivity index (χ4v) is 1.75. The van der Waals surface area contributed by atoms with E-state index in [1.165, 1.54) is 0 Å². The zero-order valence-corrected chi connectivity index (χ0v) is 12.2. The Labute approximate surface area is 116 Å². The Morgan fingerprint density at radius 2 is 1.42 bits per heavy atom. The topological polar surface area (TPSA) is 44.8 Å². The predicted molar refractivity (Wildman–Crippen MR) is 74.3 cm³/mol. The summed E-state index contributed by atoms with van der Waals surface area (Å²) < 4.78 is 16.2. The number of rotatable bonds is 14. The number of ether oxygens (including phenoxy) is 3. The fourth-order valence-electron chi connectivity index (χ4n) is 1.75. The molecule has 4 heteroatoms. The standard InChI is InChI=1S/C15H28O4/c1-2-3-8-17-10-12-19-13-11-18-9-4-5-15(16)14-6-7-14/h14H,2-13H2,1H3. The van der Waals surface area contributed by atoms with Gasteiger partial charge in [0, 0.05) is 25.6 Å². The summed E-state index contributed by atoms with van der Waals surface area (Å²) in [5.74, 6) is 0.806. The number of hydrogen-bond donors (Lipinski definition) is 0. The SMILES string of the molecule is CCCCOCCOCCOCCCC(=O)C1CC1. The van der Waals surface area contributed by atoms with Gasteiger partial charge in [0.2, 0.25) is 0 Å². The molecule has 1 saturated carbocycles. The molecule has 0 aromatic heterocycles. The van der Waals surface area contributed by atoms with Crippen molar-refractivity contribution in [2.24, 2.45) is 5.92 Å². The lowest BCUT2D eigenvalue weighted by Gasteiger charge is -2.06. The number of hydrogen-bond acceptors (Lipinski definition) is 4. The predicted octanol–water partition coefficient (Wildman–Crippen LogP) is 2.60. The lowest BCUT2D eigenvalue weighted by molar-refractivity contribution is -0.120. The number of carbonyl (C=O) groups is 1. The van der Waals surface area contributed by atoms with Gasteiger partial charge in [0.05, 0.1) is 26.4 Å². The van der Waals surface area contributed by atoms with Crippen molar-refractivity contribution in [1.82, 2.24) is 0 Å². The normalized spacial score (nSPS) is 14.8. The number of ketones is 1. The summed E-state index contributed by atoms with van der Waals surface area (Å²) in [5.41, 5.74) is 0. The summed E-state index contributed by atoms with van der Waals surface area (Å²) in [5, 5.41) is 0. The average molecular weight is 272 g/mol. The lowest BCUT2D eigenvalue weighted by atomic mass is 10.1. The van der Waals surface area contributed by atoms with Crippen LogP contribution in [0.1, 0.15) is 45.4 Å². The molecular formula is C15H28O4. The minimum atomic E-state index is 0.385.